The number of aromatic amines is 1. The van der Waals surface area contributed by atoms with Crippen molar-refractivity contribution in [3.05, 3.63) is 48.0 Å². The number of aryl methyl sites for hydroxylation is 1. The number of rotatable bonds is 3. The zero-order valence-corrected chi connectivity index (χ0v) is 8.53. The Balaban J connectivity index is 1.96. The van der Waals surface area contributed by atoms with Crippen LogP contribution in [0, 0.1) is 0 Å². The summed E-state index contributed by atoms with van der Waals surface area (Å²) >= 11 is 0. The number of hydrogen-bond donors (Lipinski definition) is 2. The molecule has 15 heavy (non-hydrogen) atoms. The third kappa shape index (κ3) is 2.10. The van der Waals surface area contributed by atoms with Gasteiger partial charge in [-0.2, -0.15) is 0 Å². The lowest BCUT2D eigenvalue weighted by Gasteiger charge is -2.04. The lowest BCUT2D eigenvalue weighted by Crippen LogP contribution is -2.24. The average molecular weight is 203 g/mol. The van der Waals surface area contributed by atoms with Crippen LogP contribution in [0.4, 0.5) is 0 Å². The molecule has 0 bridgehead atoms. The fraction of sp³-hybridized carbons (Fsp3) is 0.182. The second-order valence-electron chi connectivity index (χ2n) is 3.41. The first kappa shape index (κ1) is 9.58. The first-order valence-corrected chi connectivity index (χ1v) is 4.78. The van der Waals surface area contributed by atoms with Crippen molar-refractivity contribution in [2.24, 2.45) is 7.05 Å². The minimum Gasteiger partial charge on any atom is -0.367 e. The van der Waals surface area contributed by atoms with Crippen LogP contribution in [0.15, 0.2) is 36.8 Å². The molecule has 2 N–H and O–H groups in total. The molecular weight excluding hydrogens is 190 g/mol. The molecule has 0 atom stereocenters. The van der Waals surface area contributed by atoms with Gasteiger partial charge < -0.3 is 14.9 Å². The highest BCUT2D eigenvalue weighted by atomic mass is 16.1. The molecule has 2 aromatic heterocycles. The Bertz CT molecular complexity index is 442. The van der Waals surface area contributed by atoms with Gasteiger partial charge in [0.1, 0.15) is 5.69 Å². The summed E-state index contributed by atoms with van der Waals surface area (Å²) in [5.74, 6) is -0.0521. The second kappa shape index (κ2) is 4.04. The first-order valence-electron chi connectivity index (χ1n) is 4.78. The zero-order valence-electron chi connectivity index (χ0n) is 8.53. The lowest BCUT2D eigenvalue weighted by atomic mass is 10.3. The molecule has 4 nitrogen and oxygen atoms in total. The van der Waals surface area contributed by atoms with E-state index in [4.69, 9.17) is 0 Å². The highest BCUT2D eigenvalue weighted by molar-refractivity contribution is 5.92. The quantitative estimate of drug-likeness (QED) is 0.775. The molecule has 0 aliphatic rings. The van der Waals surface area contributed by atoms with Crippen molar-refractivity contribution in [2.75, 3.05) is 0 Å². The Hall–Kier alpha value is -1.97. The summed E-state index contributed by atoms with van der Waals surface area (Å²) in [5, 5.41) is 2.85. The van der Waals surface area contributed by atoms with Crippen LogP contribution in [0.1, 0.15) is 16.1 Å². The SMILES string of the molecule is Cn1cccc1C(=O)NCc1cc[nH]c1. The van der Waals surface area contributed by atoms with Crippen LogP contribution in [0.3, 0.4) is 0 Å². The summed E-state index contributed by atoms with van der Waals surface area (Å²) in [5.41, 5.74) is 1.74. The summed E-state index contributed by atoms with van der Waals surface area (Å²) in [7, 11) is 1.85. The lowest BCUT2D eigenvalue weighted by molar-refractivity contribution is 0.0943. The third-order valence-corrected chi connectivity index (χ3v) is 2.29. The van der Waals surface area contributed by atoms with Crippen molar-refractivity contribution < 1.29 is 4.79 Å². The zero-order chi connectivity index (χ0) is 10.7. The van der Waals surface area contributed by atoms with E-state index in [0.29, 0.717) is 12.2 Å². The predicted molar refractivity (Wildman–Crippen MR) is 57.4 cm³/mol. The Morgan fingerprint density at radius 3 is 3.00 bits per heavy atom. The van der Waals surface area contributed by atoms with Gasteiger partial charge in [-0.1, -0.05) is 0 Å². The Morgan fingerprint density at radius 1 is 1.53 bits per heavy atom. The summed E-state index contributed by atoms with van der Waals surface area (Å²) in [6, 6.07) is 5.59. The smallest absolute Gasteiger partial charge is 0.268 e. The monoisotopic (exact) mass is 203 g/mol. The van der Waals surface area contributed by atoms with E-state index in [2.05, 4.69) is 10.3 Å². The summed E-state index contributed by atoms with van der Waals surface area (Å²) < 4.78 is 1.80. The highest BCUT2D eigenvalue weighted by Gasteiger charge is 2.07. The van der Waals surface area contributed by atoms with Crippen LogP contribution >= 0.6 is 0 Å². The molecule has 1 amide bonds. The normalized spacial score (nSPS) is 10.2. The van der Waals surface area contributed by atoms with Gasteiger partial charge in [-0.25, -0.2) is 0 Å². The Kier molecular flexibility index (Phi) is 2.58. The molecule has 0 spiro atoms. The molecule has 4 heteroatoms. The fourth-order valence-electron chi connectivity index (χ4n) is 1.44. The van der Waals surface area contributed by atoms with Gasteiger partial charge >= 0.3 is 0 Å². The number of aromatic nitrogens is 2. The highest BCUT2D eigenvalue weighted by Crippen LogP contribution is 2.01. The molecule has 2 rings (SSSR count). The van der Waals surface area contributed by atoms with E-state index in [1.54, 1.807) is 10.6 Å². The van der Waals surface area contributed by atoms with Crippen molar-refractivity contribution in [1.82, 2.24) is 14.9 Å². The van der Waals surface area contributed by atoms with E-state index in [-0.39, 0.29) is 5.91 Å². The van der Waals surface area contributed by atoms with Gasteiger partial charge in [0.15, 0.2) is 0 Å². The Labute approximate surface area is 87.9 Å². The third-order valence-electron chi connectivity index (χ3n) is 2.29. The van der Waals surface area contributed by atoms with E-state index in [0.717, 1.165) is 5.56 Å². The number of H-pyrrole nitrogens is 1. The summed E-state index contributed by atoms with van der Waals surface area (Å²) in [4.78, 5) is 14.6. The number of amides is 1. The molecule has 0 aromatic carbocycles. The van der Waals surface area contributed by atoms with Gasteiger partial charge in [0.05, 0.1) is 0 Å². The maximum absolute atomic E-state index is 11.7. The van der Waals surface area contributed by atoms with Gasteiger partial charge in [0.25, 0.3) is 5.91 Å². The topological polar surface area (TPSA) is 49.8 Å². The number of carbonyl (C=O) groups is 1. The van der Waals surface area contributed by atoms with E-state index in [9.17, 15) is 4.79 Å². The van der Waals surface area contributed by atoms with Crippen molar-refractivity contribution in [3.63, 3.8) is 0 Å². The fourth-order valence-corrected chi connectivity index (χ4v) is 1.44. The molecule has 0 radical (unpaired) electrons. The second-order valence-corrected chi connectivity index (χ2v) is 3.41. The van der Waals surface area contributed by atoms with Gasteiger partial charge in [0.2, 0.25) is 0 Å². The minimum atomic E-state index is -0.0521. The number of nitrogens with zero attached hydrogens (tertiary/aromatic N) is 1. The van der Waals surface area contributed by atoms with Crippen LogP contribution < -0.4 is 5.32 Å². The van der Waals surface area contributed by atoms with Crippen molar-refractivity contribution in [3.8, 4) is 0 Å². The number of hydrogen-bond acceptors (Lipinski definition) is 1. The summed E-state index contributed by atoms with van der Waals surface area (Å²) in [6.07, 6.45) is 5.56. The van der Waals surface area contributed by atoms with Gasteiger partial charge in [-0.05, 0) is 23.8 Å². The van der Waals surface area contributed by atoms with Crippen LogP contribution in [-0.4, -0.2) is 15.5 Å². The van der Waals surface area contributed by atoms with Crippen molar-refractivity contribution in [1.29, 1.82) is 0 Å². The standard InChI is InChI=1S/C11H13N3O/c1-14-6-2-3-10(14)11(15)13-8-9-4-5-12-7-9/h2-7,12H,8H2,1H3,(H,13,15). The average Bonchev–Trinajstić information content (AvgIpc) is 2.84. The largest absolute Gasteiger partial charge is 0.367 e. The van der Waals surface area contributed by atoms with Crippen LogP contribution in [0.25, 0.3) is 0 Å². The van der Waals surface area contributed by atoms with Crippen molar-refractivity contribution in [2.45, 2.75) is 6.54 Å². The van der Waals surface area contributed by atoms with Crippen LogP contribution in [0.2, 0.25) is 0 Å². The molecule has 0 aliphatic carbocycles. The maximum Gasteiger partial charge on any atom is 0.268 e. The maximum atomic E-state index is 11.7. The van der Waals surface area contributed by atoms with Gasteiger partial charge in [-0.15, -0.1) is 0 Å². The van der Waals surface area contributed by atoms with Gasteiger partial charge in [0, 0.05) is 32.2 Å². The Morgan fingerprint density at radius 2 is 2.40 bits per heavy atom. The minimum absolute atomic E-state index is 0.0521. The molecule has 0 saturated carbocycles. The van der Waals surface area contributed by atoms with Gasteiger partial charge in [-0.3, -0.25) is 4.79 Å². The van der Waals surface area contributed by atoms with Crippen molar-refractivity contribution >= 4 is 5.91 Å². The van der Waals surface area contributed by atoms with Crippen LogP contribution in [-0.2, 0) is 13.6 Å². The molecular formula is C11H13N3O. The predicted octanol–water partition coefficient (Wildman–Crippen LogP) is 1.28. The molecule has 2 aromatic rings. The molecule has 0 saturated heterocycles. The first-order chi connectivity index (χ1) is 7.27. The van der Waals surface area contributed by atoms with E-state index in [1.807, 2.05) is 37.8 Å². The van der Waals surface area contributed by atoms with E-state index >= 15 is 0 Å². The molecule has 0 aliphatic heterocycles. The summed E-state index contributed by atoms with van der Waals surface area (Å²) in [6.45, 7) is 0.549. The number of carbonyl (C=O) groups excluding carboxylic acids is 1. The molecule has 2 heterocycles. The van der Waals surface area contributed by atoms with E-state index < -0.39 is 0 Å². The number of nitrogens with one attached hydrogen (secondary N) is 2. The molecule has 78 valence electrons. The van der Waals surface area contributed by atoms with Crippen LogP contribution in [0.5, 0.6) is 0 Å². The molecule has 0 unspecified atom stereocenters. The van der Waals surface area contributed by atoms with E-state index in [1.165, 1.54) is 0 Å². The molecule has 0 fully saturated rings.